The third-order valence-electron chi connectivity index (χ3n) is 4.97. The Labute approximate surface area is 162 Å². The molecule has 1 aliphatic heterocycles. The summed E-state index contributed by atoms with van der Waals surface area (Å²) in [6.07, 6.45) is 1.04. The fourth-order valence-electron chi connectivity index (χ4n) is 3.48. The molecular weight excluding hydrogens is 338 g/mol. The molecule has 1 fully saturated rings. The van der Waals surface area contributed by atoms with Gasteiger partial charge in [-0.2, -0.15) is 0 Å². The highest BCUT2D eigenvalue weighted by Gasteiger charge is 2.20. The van der Waals surface area contributed by atoms with Crippen LogP contribution >= 0.6 is 0 Å². The Morgan fingerprint density at radius 2 is 1.89 bits per heavy atom. The predicted octanol–water partition coefficient (Wildman–Crippen LogP) is 2.83. The van der Waals surface area contributed by atoms with E-state index in [4.69, 9.17) is 9.52 Å². The van der Waals surface area contributed by atoms with Gasteiger partial charge in [0.2, 0.25) is 0 Å². The van der Waals surface area contributed by atoms with E-state index in [-0.39, 0.29) is 0 Å². The van der Waals surface area contributed by atoms with Crippen molar-refractivity contribution in [2.75, 3.05) is 32.7 Å². The average molecular weight is 370 g/mol. The van der Waals surface area contributed by atoms with Crippen molar-refractivity contribution in [2.24, 2.45) is 4.99 Å². The van der Waals surface area contributed by atoms with Gasteiger partial charge in [-0.1, -0.05) is 36.3 Å². The van der Waals surface area contributed by atoms with Crippen molar-refractivity contribution in [3.05, 3.63) is 52.9 Å². The highest BCUT2D eigenvalue weighted by Crippen LogP contribution is 2.12. The molecule has 1 aliphatic rings. The van der Waals surface area contributed by atoms with Gasteiger partial charge in [-0.05, 0) is 31.4 Å². The molecule has 2 aromatic rings. The van der Waals surface area contributed by atoms with Crippen LogP contribution in [-0.4, -0.2) is 53.6 Å². The number of piperazine rings is 1. The minimum Gasteiger partial charge on any atom is -0.361 e. The van der Waals surface area contributed by atoms with Crippen molar-refractivity contribution in [2.45, 2.75) is 40.3 Å². The molecule has 1 aromatic carbocycles. The van der Waals surface area contributed by atoms with Crippen LogP contribution in [0.1, 0.15) is 36.4 Å². The summed E-state index contributed by atoms with van der Waals surface area (Å²) in [6.45, 7) is 12.7. The van der Waals surface area contributed by atoms with Gasteiger partial charge in [0, 0.05) is 45.3 Å². The normalized spacial score (nSPS) is 16.0. The Morgan fingerprint density at radius 3 is 2.52 bits per heavy atom. The molecular formula is C21H31N5O. The van der Waals surface area contributed by atoms with E-state index in [0.717, 1.165) is 69.6 Å². The molecule has 1 aromatic heterocycles. The van der Waals surface area contributed by atoms with E-state index in [9.17, 15) is 0 Å². The molecule has 27 heavy (non-hydrogen) atoms. The molecule has 0 radical (unpaired) electrons. The van der Waals surface area contributed by atoms with Gasteiger partial charge in [0.1, 0.15) is 5.76 Å². The number of aliphatic imine (C=N–C) groups is 1. The highest BCUT2D eigenvalue weighted by molar-refractivity contribution is 5.80. The van der Waals surface area contributed by atoms with E-state index in [0.29, 0.717) is 0 Å². The molecule has 2 heterocycles. The standard InChI is InChI=1S/C21H31N5O/c1-4-18-8-6-7-9-19(18)15-23-21(22-5-2)26-12-10-25(11-13-26)16-20-14-17(3)27-24-20/h6-9,14H,4-5,10-13,15-16H2,1-3H3,(H,22,23). The Balaban J connectivity index is 1.59. The Kier molecular flexibility index (Phi) is 6.87. The van der Waals surface area contributed by atoms with Crippen LogP contribution in [0.15, 0.2) is 39.8 Å². The number of aryl methyl sites for hydroxylation is 2. The number of aromatic nitrogens is 1. The minimum atomic E-state index is 0.727. The van der Waals surface area contributed by atoms with E-state index >= 15 is 0 Å². The second kappa shape index (κ2) is 9.55. The van der Waals surface area contributed by atoms with Crippen LogP contribution < -0.4 is 5.32 Å². The second-order valence-electron chi connectivity index (χ2n) is 6.98. The zero-order valence-electron chi connectivity index (χ0n) is 16.7. The van der Waals surface area contributed by atoms with Crippen LogP contribution in [0, 0.1) is 6.92 Å². The second-order valence-corrected chi connectivity index (χ2v) is 6.98. The number of benzene rings is 1. The number of hydrogen-bond donors (Lipinski definition) is 1. The van der Waals surface area contributed by atoms with Crippen LogP contribution in [0.2, 0.25) is 0 Å². The molecule has 0 unspecified atom stereocenters. The van der Waals surface area contributed by atoms with Gasteiger partial charge in [0.15, 0.2) is 5.96 Å². The van der Waals surface area contributed by atoms with Crippen LogP contribution in [0.3, 0.4) is 0 Å². The summed E-state index contributed by atoms with van der Waals surface area (Å²) in [5.41, 5.74) is 3.71. The smallest absolute Gasteiger partial charge is 0.194 e. The lowest BCUT2D eigenvalue weighted by Crippen LogP contribution is -2.52. The summed E-state index contributed by atoms with van der Waals surface area (Å²) in [7, 11) is 0. The number of guanidine groups is 1. The maximum absolute atomic E-state index is 5.17. The predicted molar refractivity (Wildman–Crippen MR) is 109 cm³/mol. The molecule has 6 heteroatoms. The molecule has 0 bridgehead atoms. The maximum Gasteiger partial charge on any atom is 0.194 e. The largest absolute Gasteiger partial charge is 0.361 e. The molecule has 146 valence electrons. The van der Waals surface area contributed by atoms with Gasteiger partial charge in [0.05, 0.1) is 12.2 Å². The lowest BCUT2D eigenvalue weighted by Gasteiger charge is -2.36. The molecule has 0 aliphatic carbocycles. The summed E-state index contributed by atoms with van der Waals surface area (Å²) in [4.78, 5) is 9.70. The lowest BCUT2D eigenvalue weighted by molar-refractivity contribution is 0.169. The highest BCUT2D eigenvalue weighted by atomic mass is 16.5. The Morgan fingerprint density at radius 1 is 1.15 bits per heavy atom. The first kappa shape index (κ1) is 19.4. The minimum absolute atomic E-state index is 0.727. The quantitative estimate of drug-likeness (QED) is 0.627. The number of nitrogens with one attached hydrogen (secondary N) is 1. The Hall–Kier alpha value is -2.34. The molecule has 0 spiro atoms. The first-order valence-corrected chi connectivity index (χ1v) is 9.94. The number of hydrogen-bond acceptors (Lipinski definition) is 4. The van der Waals surface area contributed by atoms with Crippen LogP contribution in [-0.2, 0) is 19.5 Å². The van der Waals surface area contributed by atoms with Crippen molar-refractivity contribution in [3.8, 4) is 0 Å². The zero-order valence-corrected chi connectivity index (χ0v) is 16.7. The van der Waals surface area contributed by atoms with Crippen LogP contribution in [0.4, 0.5) is 0 Å². The van der Waals surface area contributed by atoms with Gasteiger partial charge >= 0.3 is 0 Å². The fraction of sp³-hybridized carbons (Fsp3) is 0.524. The van der Waals surface area contributed by atoms with Gasteiger partial charge < -0.3 is 14.7 Å². The third kappa shape index (κ3) is 5.32. The first-order valence-electron chi connectivity index (χ1n) is 9.94. The molecule has 1 saturated heterocycles. The fourth-order valence-corrected chi connectivity index (χ4v) is 3.48. The van der Waals surface area contributed by atoms with Gasteiger partial charge in [-0.15, -0.1) is 0 Å². The van der Waals surface area contributed by atoms with E-state index in [1.165, 1.54) is 11.1 Å². The number of rotatable bonds is 6. The van der Waals surface area contributed by atoms with Crippen molar-refractivity contribution in [1.82, 2.24) is 20.3 Å². The SMILES string of the molecule is CCNC(=NCc1ccccc1CC)N1CCN(Cc2cc(C)on2)CC1. The summed E-state index contributed by atoms with van der Waals surface area (Å²) in [6, 6.07) is 10.6. The van der Waals surface area contributed by atoms with Gasteiger partial charge in [-0.25, -0.2) is 4.99 Å². The summed E-state index contributed by atoms with van der Waals surface area (Å²) in [5, 5.41) is 7.56. The Bertz CT molecular complexity index is 747. The van der Waals surface area contributed by atoms with Crippen LogP contribution in [0.25, 0.3) is 0 Å². The van der Waals surface area contributed by atoms with E-state index in [1.807, 2.05) is 13.0 Å². The van der Waals surface area contributed by atoms with Crippen LogP contribution in [0.5, 0.6) is 0 Å². The summed E-state index contributed by atoms with van der Waals surface area (Å²) in [5.74, 6) is 1.89. The topological polar surface area (TPSA) is 56.9 Å². The summed E-state index contributed by atoms with van der Waals surface area (Å²) < 4.78 is 5.17. The van der Waals surface area contributed by atoms with Crippen molar-refractivity contribution < 1.29 is 4.52 Å². The summed E-state index contributed by atoms with van der Waals surface area (Å²) >= 11 is 0. The first-order chi connectivity index (χ1) is 13.2. The monoisotopic (exact) mass is 369 g/mol. The molecule has 3 rings (SSSR count). The molecule has 0 atom stereocenters. The molecule has 1 N–H and O–H groups in total. The van der Waals surface area contributed by atoms with E-state index in [1.54, 1.807) is 0 Å². The van der Waals surface area contributed by atoms with Crippen molar-refractivity contribution >= 4 is 5.96 Å². The third-order valence-corrected chi connectivity index (χ3v) is 4.97. The van der Waals surface area contributed by atoms with E-state index < -0.39 is 0 Å². The van der Waals surface area contributed by atoms with Crippen molar-refractivity contribution in [1.29, 1.82) is 0 Å². The van der Waals surface area contributed by atoms with Gasteiger partial charge in [0.25, 0.3) is 0 Å². The molecule has 6 nitrogen and oxygen atoms in total. The average Bonchev–Trinajstić information content (AvgIpc) is 3.10. The lowest BCUT2D eigenvalue weighted by atomic mass is 10.1. The van der Waals surface area contributed by atoms with E-state index in [2.05, 4.69) is 58.4 Å². The molecule has 0 amide bonds. The van der Waals surface area contributed by atoms with Crippen molar-refractivity contribution in [3.63, 3.8) is 0 Å². The van der Waals surface area contributed by atoms with Gasteiger partial charge in [-0.3, -0.25) is 4.90 Å². The maximum atomic E-state index is 5.17. The zero-order chi connectivity index (χ0) is 19.1. The molecule has 0 saturated carbocycles. The number of nitrogens with zero attached hydrogens (tertiary/aromatic N) is 4.